The highest BCUT2D eigenvalue weighted by Crippen LogP contribution is 2.68. The van der Waals surface area contributed by atoms with Gasteiger partial charge in [-0.05, 0) is 55.1 Å². The largest absolute Gasteiger partial charge is 0.458 e. The molecule has 3 aliphatic rings. The van der Waals surface area contributed by atoms with E-state index in [-0.39, 0.29) is 34.5 Å². The van der Waals surface area contributed by atoms with Gasteiger partial charge in [-0.15, -0.1) is 6.58 Å². The normalized spacial score (nSPS) is 42.7. The molecule has 0 saturated heterocycles. The van der Waals surface area contributed by atoms with Crippen molar-refractivity contribution >= 4 is 11.8 Å². The van der Waals surface area contributed by atoms with Crippen LogP contribution in [0.25, 0.3) is 0 Å². The first-order valence-corrected chi connectivity index (χ1v) is 11.9. The lowest BCUT2D eigenvalue weighted by atomic mass is 9.44. The zero-order chi connectivity index (χ0) is 24.3. The number of aliphatic hydroxyl groups is 1. The molecule has 0 spiro atoms. The van der Waals surface area contributed by atoms with Gasteiger partial charge in [-0.2, -0.15) is 0 Å². The predicted octanol–water partition coefficient (Wildman–Crippen LogP) is 3.08. The molecule has 4 rings (SSSR count). The van der Waals surface area contributed by atoms with Crippen molar-refractivity contribution < 1.29 is 19.4 Å². The molecule has 1 aromatic rings. The van der Waals surface area contributed by atoms with Crippen molar-refractivity contribution in [2.75, 3.05) is 5.84 Å². The monoisotopic (exact) mass is 456 g/mol. The molecule has 1 heterocycles. The molecule has 0 amide bonds. The van der Waals surface area contributed by atoms with Gasteiger partial charge in [0, 0.05) is 29.4 Å². The van der Waals surface area contributed by atoms with Crippen LogP contribution in [0.4, 0.5) is 0 Å². The minimum Gasteiger partial charge on any atom is -0.458 e. The molecule has 0 aliphatic heterocycles. The summed E-state index contributed by atoms with van der Waals surface area (Å²) in [6, 6.07) is 2.92. The van der Waals surface area contributed by atoms with Crippen molar-refractivity contribution in [2.24, 2.45) is 34.0 Å². The second-order valence-electron chi connectivity index (χ2n) is 11.1. The summed E-state index contributed by atoms with van der Waals surface area (Å²) >= 11 is 0. The highest BCUT2D eigenvalue weighted by molar-refractivity contribution is 5.89. The number of ether oxygens (including phenoxy) is 1. The topological polar surface area (TPSA) is 112 Å². The number of nitrogen functional groups attached to an aromatic ring is 1. The van der Waals surface area contributed by atoms with E-state index in [1.54, 1.807) is 6.08 Å². The second-order valence-corrected chi connectivity index (χ2v) is 11.1. The third kappa shape index (κ3) is 3.22. The minimum absolute atomic E-state index is 0.0982. The lowest BCUT2D eigenvalue weighted by molar-refractivity contribution is -0.192. The molecule has 2 bridgehead atoms. The van der Waals surface area contributed by atoms with Gasteiger partial charge in [-0.3, -0.25) is 9.59 Å². The Morgan fingerprint density at radius 2 is 2.00 bits per heavy atom. The average molecular weight is 457 g/mol. The van der Waals surface area contributed by atoms with Gasteiger partial charge in [0.2, 0.25) is 0 Å². The highest BCUT2D eigenvalue weighted by atomic mass is 16.5. The summed E-state index contributed by atoms with van der Waals surface area (Å²) in [6.07, 6.45) is 4.99. The van der Waals surface area contributed by atoms with Crippen molar-refractivity contribution in [2.45, 2.75) is 72.0 Å². The number of hydrogen-bond donors (Lipinski definition) is 2. The summed E-state index contributed by atoms with van der Waals surface area (Å²) < 4.78 is 6.97. The fraction of sp³-hybridized carbons (Fsp3) is 0.654. The molecule has 7 nitrogen and oxygen atoms in total. The van der Waals surface area contributed by atoms with Gasteiger partial charge in [-0.1, -0.05) is 33.8 Å². The van der Waals surface area contributed by atoms with Crippen molar-refractivity contribution in [3.05, 3.63) is 46.9 Å². The van der Waals surface area contributed by atoms with E-state index in [9.17, 15) is 19.5 Å². The Kier molecular flexibility index (Phi) is 5.63. The summed E-state index contributed by atoms with van der Waals surface area (Å²) in [4.78, 5) is 39.1. The molecular formula is C26H36N2O5. The molecule has 33 heavy (non-hydrogen) atoms. The maximum Gasteiger partial charge on any atom is 0.344 e. The molecule has 3 saturated carbocycles. The van der Waals surface area contributed by atoms with Crippen LogP contribution in [-0.2, 0) is 9.53 Å². The van der Waals surface area contributed by atoms with Gasteiger partial charge >= 0.3 is 5.97 Å². The number of carbonyl (C=O) groups is 2. The fourth-order valence-corrected chi connectivity index (χ4v) is 7.36. The number of aliphatic hydroxyl groups excluding tert-OH is 1. The zero-order valence-corrected chi connectivity index (χ0v) is 20.0. The van der Waals surface area contributed by atoms with Gasteiger partial charge in [0.1, 0.15) is 17.5 Å². The molecule has 3 N–H and O–H groups in total. The molecule has 3 unspecified atom stereocenters. The SMILES string of the molecule is C=C[C@]1(C)C[C@@H](OC(=O)c2cccn(N)c2=O)[C@]2(C)C(C)CCC3(CCC(=O)C32)[C@@H](C)[C@@H]1O. The molecule has 0 aromatic carbocycles. The maximum absolute atomic E-state index is 13.4. The Morgan fingerprint density at radius 1 is 1.30 bits per heavy atom. The van der Waals surface area contributed by atoms with Crippen LogP contribution in [-0.4, -0.2) is 33.7 Å². The number of pyridine rings is 1. The summed E-state index contributed by atoms with van der Waals surface area (Å²) in [7, 11) is 0. The van der Waals surface area contributed by atoms with Crippen LogP contribution in [0.2, 0.25) is 0 Å². The van der Waals surface area contributed by atoms with Crippen LogP contribution < -0.4 is 11.4 Å². The Labute approximate surface area is 195 Å². The lowest BCUT2D eigenvalue weighted by Gasteiger charge is -2.61. The van der Waals surface area contributed by atoms with Crippen LogP contribution in [0.15, 0.2) is 35.8 Å². The van der Waals surface area contributed by atoms with E-state index < -0.39 is 34.6 Å². The average Bonchev–Trinajstić information content (AvgIpc) is 3.14. The summed E-state index contributed by atoms with van der Waals surface area (Å²) in [6.45, 7) is 12.2. The Balaban J connectivity index is 1.86. The van der Waals surface area contributed by atoms with Gasteiger partial charge < -0.3 is 15.7 Å². The number of nitrogens with two attached hydrogens (primary N) is 1. The molecule has 1 aromatic heterocycles. The Morgan fingerprint density at radius 3 is 2.67 bits per heavy atom. The highest BCUT2D eigenvalue weighted by Gasteiger charge is 2.68. The second kappa shape index (κ2) is 7.83. The van der Waals surface area contributed by atoms with Gasteiger partial charge in [0.05, 0.1) is 6.10 Å². The number of nitrogens with zero attached hydrogens (tertiary/aromatic N) is 1. The van der Waals surface area contributed by atoms with Crippen LogP contribution in [0.3, 0.4) is 0 Å². The van der Waals surface area contributed by atoms with Crippen molar-refractivity contribution in [3.8, 4) is 0 Å². The Hall–Kier alpha value is -2.41. The number of Topliss-reactive ketones (excluding diaryl/α,β-unsaturated/α-hetero) is 1. The molecule has 3 fully saturated rings. The van der Waals surface area contributed by atoms with E-state index >= 15 is 0 Å². The number of carbonyl (C=O) groups excluding carboxylic acids is 2. The van der Waals surface area contributed by atoms with Crippen LogP contribution in [0.1, 0.15) is 70.2 Å². The number of rotatable bonds is 3. The first-order chi connectivity index (χ1) is 15.4. The van der Waals surface area contributed by atoms with Crippen LogP contribution >= 0.6 is 0 Å². The van der Waals surface area contributed by atoms with E-state index in [0.29, 0.717) is 12.8 Å². The summed E-state index contributed by atoms with van der Waals surface area (Å²) in [5.41, 5.74) is -2.48. The first-order valence-electron chi connectivity index (χ1n) is 11.9. The lowest BCUT2D eigenvalue weighted by Crippen LogP contribution is -2.63. The molecule has 0 radical (unpaired) electrons. The quantitative estimate of drug-likeness (QED) is 0.411. The smallest absolute Gasteiger partial charge is 0.344 e. The van der Waals surface area contributed by atoms with Crippen molar-refractivity contribution in [1.82, 2.24) is 4.68 Å². The maximum atomic E-state index is 13.4. The van der Waals surface area contributed by atoms with Crippen molar-refractivity contribution in [1.29, 1.82) is 0 Å². The zero-order valence-electron chi connectivity index (χ0n) is 20.0. The number of esters is 1. The van der Waals surface area contributed by atoms with Gasteiger partial charge in [0.15, 0.2) is 0 Å². The van der Waals surface area contributed by atoms with Gasteiger partial charge in [0.25, 0.3) is 5.56 Å². The van der Waals surface area contributed by atoms with E-state index in [4.69, 9.17) is 10.6 Å². The number of aromatic nitrogens is 1. The Bertz CT molecular complexity index is 1050. The standard InChI is InChI=1S/C26H36N2O5/c1-6-24(4)14-19(33-23(32)17-8-7-13-28(27)22(17)31)25(5)15(2)9-11-26(16(3)21(24)30)12-10-18(29)20(25)26/h6-8,13,15-16,19-21,30H,1,9-12,14,27H2,2-5H3/t15?,16-,19+,20?,21-,24+,25-,26?/m0/s1. The van der Waals surface area contributed by atoms with Crippen LogP contribution in [0.5, 0.6) is 0 Å². The molecule has 3 aliphatic carbocycles. The van der Waals surface area contributed by atoms with Gasteiger partial charge in [-0.25, -0.2) is 9.47 Å². The summed E-state index contributed by atoms with van der Waals surface area (Å²) in [5, 5.41) is 11.5. The van der Waals surface area contributed by atoms with E-state index in [1.165, 1.54) is 18.3 Å². The molecule has 8 atom stereocenters. The molecule has 7 heteroatoms. The first kappa shape index (κ1) is 23.7. The van der Waals surface area contributed by atoms with E-state index in [2.05, 4.69) is 27.4 Å². The third-order valence-electron chi connectivity index (χ3n) is 9.75. The predicted molar refractivity (Wildman–Crippen MR) is 125 cm³/mol. The third-order valence-corrected chi connectivity index (χ3v) is 9.75. The minimum atomic E-state index is -0.755. The molecule has 180 valence electrons. The van der Waals surface area contributed by atoms with E-state index in [0.717, 1.165) is 23.9 Å². The van der Waals surface area contributed by atoms with Crippen molar-refractivity contribution in [3.63, 3.8) is 0 Å². The number of ketones is 1. The van der Waals surface area contributed by atoms with Crippen LogP contribution in [0, 0.1) is 34.0 Å². The molecular weight excluding hydrogens is 420 g/mol. The summed E-state index contributed by atoms with van der Waals surface area (Å²) in [5.74, 6) is 4.80. The van der Waals surface area contributed by atoms with E-state index in [1.807, 2.05) is 6.92 Å². The fourth-order valence-electron chi connectivity index (χ4n) is 7.36. The number of hydrogen-bond acceptors (Lipinski definition) is 6.